The highest BCUT2D eigenvalue weighted by molar-refractivity contribution is 5.85. The number of nitrogens with zero attached hydrogens (tertiary/aromatic N) is 1. The van der Waals surface area contributed by atoms with Crippen molar-refractivity contribution in [3.05, 3.63) is 0 Å². The summed E-state index contributed by atoms with van der Waals surface area (Å²) in [7, 11) is 0. The average Bonchev–Trinajstić information content (AvgIpc) is 2.37. The Hall–Kier alpha value is -1.14. The molecule has 1 aliphatic heterocycles. The summed E-state index contributed by atoms with van der Waals surface area (Å²) in [5, 5.41) is 14.8. The maximum absolute atomic E-state index is 12.3. The molecule has 0 aromatic rings. The molecule has 0 bridgehead atoms. The predicted molar refractivity (Wildman–Crippen MR) is 73.0 cm³/mol. The predicted octanol–water partition coefficient (Wildman–Crippen LogP) is 0.0397. The summed E-state index contributed by atoms with van der Waals surface area (Å²) < 4.78 is 0. The minimum Gasteiger partial charge on any atom is -0.481 e. The first kappa shape index (κ1) is 15.9. The molecule has 1 unspecified atom stereocenters. The highest BCUT2D eigenvalue weighted by atomic mass is 16.4. The van der Waals surface area contributed by atoms with Crippen molar-refractivity contribution in [3.8, 4) is 0 Å². The lowest BCUT2D eigenvalue weighted by Gasteiger charge is -2.40. The van der Waals surface area contributed by atoms with Crippen LogP contribution in [0.4, 0.5) is 0 Å². The average molecular weight is 271 g/mol. The first-order valence-corrected chi connectivity index (χ1v) is 6.82. The van der Waals surface area contributed by atoms with Crippen LogP contribution in [-0.2, 0) is 9.59 Å². The number of carboxylic acid groups (broad SMARTS) is 1. The van der Waals surface area contributed by atoms with Gasteiger partial charge in [0.15, 0.2) is 0 Å². The minimum atomic E-state index is -0.831. The molecule has 19 heavy (non-hydrogen) atoms. The van der Waals surface area contributed by atoms with Crippen LogP contribution in [0.15, 0.2) is 0 Å². The molecule has 1 heterocycles. The maximum Gasteiger partial charge on any atom is 0.303 e. The number of nitrogens with one attached hydrogen (secondary N) is 2. The van der Waals surface area contributed by atoms with E-state index in [-0.39, 0.29) is 18.4 Å². The van der Waals surface area contributed by atoms with Gasteiger partial charge in [-0.2, -0.15) is 0 Å². The fourth-order valence-corrected chi connectivity index (χ4v) is 2.18. The van der Waals surface area contributed by atoms with E-state index < -0.39 is 11.5 Å². The number of hydrogen-bond donors (Lipinski definition) is 3. The van der Waals surface area contributed by atoms with Crippen LogP contribution < -0.4 is 10.6 Å². The SMILES string of the molecule is CC(CCC(=O)O)NC(=O)C(C)(C)N1CCNCC1. The number of rotatable bonds is 6. The zero-order valence-electron chi connectivity index (χ0n) is 12.0. The number of carbonyl (C=O) groups is 2. The number of piperazine rings is 1. The molecular weight excluding hydrogens is 246 g/mol. The highest BCUT2D eigenvalue weighted by Gasteiger charge is 2.35. The Labute approximate surface area is 114 Å². The second-order valence-electron chi connectivity index (χ2n) is 5.60. The van der Waals surface area contributed by atoms with Crippen LogP contribution in [-0.4, -0.2) is 59.6 Å². The fourth-order valence-electron chi connectivity index (χ4n) is 2.18. The molecule has 1 aliphatic rings. The van der Waals surface area contributed by atoms with Crippen LogP contribution in [0.5, 0.6) is 0 Å². The van der Waals surface area contributed by atoms with Gasteiger partial charge in [0.2, 0.25) is 5.91 Å². The van der Waals surface area contributed by atoms with E-state index in [0.29, 0.717) is 6.42 Å². The summed E-state index contributed by atoms with van der Waals surface area (Å²) in [4.78, 5) is 25.0. The smallest absolute Gasteiger partial charge is 0.303 e. The van der Waals surface area contributed by atoms with E-state index in [0.717, 1.165) is 26.2 Å². The molecule has 0 spiro atoms. The van der Waals surface area contributed by atoms with Gasteiger partial charge in [-0.05, 0) is 27.2 Å². The van der Waals surface area contributed by atoms with Crippen molar-refractivity contribution in [2.45, 2.75) is 45.2 Å². The van der Waals surface area contributed by atoms with E-state index >= 15 is 0 Å². The summed E-state index contributed by atoms with van der Waals surface area (Å²) in [6.45, 7) is 9.16. The molecule has 0 saturated carbocycles. The Kier molecular flexibility index (Phi) is 5.75. The number of amides is 1. The largest absolute Gasteiger partial charge is 0.481 e. The van der Waals surface area contributed by atoms with Crippen LogP contribution in [0, 0.1) is 0 Å². The van der Waals surface area contributed by atoms with Crippen LogP contribution >= 0.6 is 0 Å². The molecular formula is C13H25N3O3. The Balaban J connectivity index is 2.47. The third-order valence-corrected chi connectivity index (χ3v) is 3.63. The van der Waals surface area contributed by atoms with Crippen LogP contribution in [0.3, 0.4) is 0 Å². The van der Waals surface area contributed by atoms with Crippen molar-refractivity contribution in [3.63, 3.8) is 0 Å². The molecule has 0 aromatic heterocycles. The van der Waals surface area contributed by atoms with Crippen molar-refractivity contribution in [1.29, 1.82) is 0 Å². The quantitative estimate of drug-likeness (QED) is 0.635. The van der Waals surface area contributed by atoms with Gasteiger partial charge >= 0.3 is 5.97 Å². The second kappa shape index (κ2) is 6.86. The summed E-state index contributed by atoms with van der Waals surface area (Å²) in [6.07, 6.45) is 0.536. The molecule has 0 aliphatic carbocycles. The lowest BCUT2D eigenvalue weighted by molar-refractivity contribution is -0.138. The minimum absolute atomic E-state index is 0.0349. The lowest BCUT2D eigenvalue weighted by atomic mass is 9.99. The fraction of sp³-hybridized carbons (Fsp3) is 0.846. The molecule has 0 radical (unpaired) electrons. The van der Waals surface area contributed by atoms with E-state index in [1.807, 2.05) is 20.8 Å². The van der Waals surface area contributed by atoms with Crippen LogP contribution in [0.1, 0.15) is 33.6 Å². The molecule has 3 N–H and O–H groups in total. The van der Waals surface area contributed by atoms with Crippen molar-refractivity contribution >= 4 is 11.9 Å². The summed E-state index contributed by atoms with van der Waals surface area (Å²) >= 11 is 0. The standard InChI is InChI=1S/C13H25N3O3/c1-10(4-5-11(17)18)15-12(19)13(2,3)16-8-6-14-7-9-16/h10,14H,4-9H2,1-3H3,(H,15,19)(H,17,18). The van der Waals surface area contributed by atoms with Gasteiger partial charge in [-0.25, -0.2) is 0 Å². The monoisotopic (exact) mass is 271 g/mol. The van der Waals surface area contributed by atoms with E-state index in [9.17, 15) is 9.59 Å². The van der Waals surface area contributed by atoms with Gasteiger partial charge in [0, 0.05) is 38.6 Å². The molecule has 0 aromatic carbocycles. The zero-order valence-corrected chi connectivity index (χ0v) is 12.0. The molecule has 1 amide bonds. The Bertz CT molecular complexity index is 325. The molecule has 1 saturated heterocycles. The Morgan fingerprint density at radius 2 is 1.95 bits per heavy atom. The number of carboxylic acids is 1. The lowest BCUT2D eigenvalue weighted by Crippen LogP contribution is -2.60. The van der Waals surface area contributed by atoms with E-state index in [1.54, 1.807) is 0 Å². The molecule has 1 fully saturated rings. The van der Waals surface area contributed by atoms with Gasteiger partial charge in [-0.15, -0.1) is 0 Å². The first-order chi connectivity index (χ1) is 8.84. The Morgan fingerprint density at radius 3 is 2.47 bits per heavy atom. The molecule has 110 valence electrons. The normalized spacial score (nSPS) is 18.9. The summed E-state index contributed by atoms with van der Waals surface area (Å²) in [5.74, 6) is -0.866. The van der Waals surface area contributed by atoms with E-state index in [4.69, 9.17) is 5.11 Å². The van der Waals surface area contributed by atoms with E-state index in [1.165, 1.54) is 0 Å². The number of aliphatic carboxylic acids is 1. The molecule has 6 nitrogen and oxygen atoms in total. The van der Waals surface area contributed by atoms with Gasteiger partial charge in [0.05, 0.1) is 5.54 Å². The first-order valence-electron chi connectivity index (χ1n) is 6.82. The van der Waals surface area contributed by atoms with Gasteiger partial charge in [-0.1, -0.05) is 0 Å². The van der Waals surface area contributed by atoms with Gasteiger partial charge in [0.1, 0.15) is 0 Å². The number of carbonyl (C=O) groups excluding carboxylic acids is 1. The van der Waals surface area contributed by atoms with Crippen molar-refractivity contribution in [2.75, 3.05) is 26.2 Å². The van der Waals surface area contributed by atoms with Crippen molar-refractivity contribution in [2.24, 2.45) is 0 Å². The molecule has 1 atom stereocenters. The Morgan fingerprint density at radius 1 is 1.37 bits per heavy atom. The maximum atomic E-state index is 12.3. The van der Waals surface area contributed by atoms with Crippen LogP contribution in [0.25, 0.3) is 0 Å². The van der Waals surface area contributed by atoms with Crippen LogP contribution in [0.2, 0.25) is 0 Å². The molecule has 1 rings (SSSR count). The van der Waals surface area contributed by atoms with Gasteiger partial charge in [0.25, 0.3) is 0 Å². The second-order valence-corrected chi connectivity index (χ2v) is 5.60. The number of hydrogen-bond acceptors (Lipinski definition) is 4. The van der Waals surface area contributed by atoms with Gasteiger partial charge in [-0.3, -0.25) is 14.5 Å². The third-order valence-electron chi connectivity index (χ3n) is 3.63. The topological polar surface area (TPSA) is 81.7 Å². The zero-order chi connectivity index (χ0) is 14.5. The van der Waals surface area contributed by atoms with Crippen molar-refractivity contribution < 1.29 is 14.7 Å². The summed E-state index contributed by atoms with van der Waals surface area (Å²) in [6, 6.07) is -0.120. The highest BCUT2D eigenvalue weighted by Crippen LogP contribution is 2.15. The van der Waals surface area contributed by atoms with E-state index in [2.05, 4.69) is 15.5 Å². The summed E-state index contributed by atoms with van der Waals surface area (Å²) in [5.41, 5.74) is -0.556. The van der Waals surface area contributed by atoms with Crippen molar-refractivity contribution in [1.82, 2.24) is 15.5 Å². The van der Waals surface area contributed by atoms with Gasteiger partial charge < -0.3 is 15.7 Å². The molecule has 6 heteroatoms. The third kappa shape index (κ3) is 4.80.